The van der Waals surface area contributed by atoms with Gasteiger partial charge in [0.1, 0.15) is 12.4 Å². The zero-order valence-electron chi connectivity index (χ0n) is 14.8. The van der Waals surface area contributed by atoms with Crippen molar-refractivity contribution in [3.8, 4) is 5.75 Å². The van der Waals surface area contributed by atoms with Crippen LogP contribution in [0.15, 0.2) is 61.2 Å². The quantitative estimate of drug-likeness (QED) is 0.559. The van der Waals surface area contributed by atoms with Crippen molar-refractivity contribution in [2.24, 2.45) is 5.92 Å². The third kappa shape index (κ3) is 6.60. The minimum absolute atomic E-state index is 0.546. The van der Waals surface area contributed by atoms with Crippen LogP contribution in [0, 0.1) is 5.92 Å². The van der Waals surface area contributed by atoms with Crippen LogP contribution in [0.25, 0.3) is 0 Å². The van der Waals surface area contributed by atoms with E-state index in [1.165, 1.54) is 5.56 Å². The average molecular weight is 311 g/mol. The molecule has 0 saturated carbocycles. The Morgan fingerprint density at radius 3 is 2.22 bits per heavy atom. The van der Waals surface area contributed by atoms with Crippen molar-refractivity contribution in [1.29, 1.82) is 0 Å². The van der Waals surface area contributed by atoms with E-state index in [-0.39, 0.29) is 0 Å². The van der Waals surface area contributed by atoms with E-state index >= 15 is 0 Å². The standard InChI is InChI=1S/C18H23NO.C3H6/c1-13(2)14(3)16-7-9-18(10-8-16)20-12-15-5-4-6-17(19)11-15;1-3-2/h4-11,13-14H,12,19H2,1-3H3;3H,1H2,2H3. The number of allylic oxidation sites excluding steroid dienone is 1. The summed E-state index contributed by atoms with van der Waals surface area (Å²) in [6.07, 6.45) is 1.75. The van der Waals surface area contributed by atoms with Gasteiger partial charge < -0.3 is 10.5 Å². The zero-order chi connectivity index (χ0) is 17.2. The Morgan fingerprint density at radius 2 is 1.70 bits per heavy atom. The second-order valence-electron chi connectivity index (χ2n) is 6.04. The van der Waals surface area contributed by atoms with Gasteiger partial charge >= 0.3 is 0 Å². The Morgan fingerprint density at radius 1 is 1.09 bits per heavy atom. The third-order valence-electron chi connectivity index (χ3n) is 3.76. The highest BCUT2D eigenvalue weighted by atomic mass is 16.5. The van der Waals surface area contributed by atoms with Gasteiger partial charge in [0.2, 0.25) is 0 Å². The summed E-state index contributed by atoms with van der Waals surface area (Å²) in [5.74, 6) is 2.11. The molecule has 23 heavy (non-hydrogen) atoms. The SMILES string of the molecule is C=CC.CC(C)C(C)c1ccc(OCc2cccc(N)c2)cc1. The lowest BCUT2D eigenvalue weighted by Gasteiger charge is -2.16. The zero-order valence-corrected chi connectivity index (χ0v) is 14.8. The molecule has 0 aliphatic carbocycles. The van der Waals surface area contributed by atoms with Gasteiger partial charge in [-0.15, -0.1) is 6.58 Å². The molecule has 0 amide bonds. The van der Waals surface area contributed by atoms with Gasteiger partial charge in [0, 0.05) is 5.69 Å². The van der Waals surface area contributed by atoms with Crippen LogP contribution in [0.3, 0.4) is 0 Å². The lowest BCUT2D eigenvalue weighted by Crippen LogP contribution is -2.02. The summed E-state index contributed by atoms with van der Waals surface area (Å²) >= 11 is 0. The normalized spacial score (nSPS) is 11.3. The van der Waals surface area contributed by atoms with Gasteiger partial charge in [0.25, 0.3) is 0 Å². The molecule has 2 nitrogen and oxygen atoms in total. The fourth-order valence-electron chi connectivity index (χ4n) is 2.10. The number of benzene rings is 2. The smallest absolute Gasteiger partial charge is 0.119 e. The van der Waals surface area contributed by atoms with Crippen molar-refractivity contribution < 1.29 is 4.74 Å². The van der Waals surface area contributed by atoms with E-state index in [1.54, 1.807) is 6.08 Å². The van der Waals surface area contributed by atoms with Gasteiger partial charge in [0.05, 0.1) is 0 Å². The summed E-state index contributed by atoms with van der Waals surface area (Å²) in [6.45, 7) is 12.5. The molecule has 0 aliphatic rings. The van der Waals surface area contributed by atoms with Crippen LogP contribution >= 0.6 is 0 Å². The summed E-state index contributed by atoms with van der Waals surface area (Å²) in [5.41, 5.74) is 8.97. The number of nitrogen functional groups attached to an aromatic ring is 1. The maximum absolute atomic E-state index is 5.79. The fraction of sp³-hybridized carbons (Fsp3) is 0.333. The Kier molecular flexibility index (Phi) is 7.96. The molecule has 0 spiro atoms. The molecule has 0 radical (unpaired) electrons. The monoisotopic (exact) mass is 311 g/mol. The summed E-state index contributed by atoms with van der Waals surface area (Å²) in [5, 5.41) is 0. The van der Waals surface area contributed by atoms with Crippen molar-refractivity contribution in [3.05, 3.63) is 72.3 Å². The minimum atomic E-state index is 0.546. The fourth-order valence-corrected chi connectivity index (χ4v) is 2.10. The van der Waals surface area contributed by atoms with Crippen molar-refractivity contribution in [2.45, 2.75) is 40.2 Å². The summed E-state index contributed by atoms with van der Waals surface area (Å²) in [6, 6.07) is 16.2. The molecule has 0 aliphatic heterocycles. The highest BCUT2D eigenvalue weighted by Gasteiger charge is 2.09. The number of hydrogen-bond donors (Lipinski definition) is 1. The van der Waals surface area contributed by atoms with Gasteiger partial charge in [-0.2, -0.15) is 0 Å². The predicted molar refractivity (Wildman–Crippen MR) is 101 cm³/mol. The molecule has 2 aromatic rings. The Hall–Kier alpha value is -2.22. The van der Waals surface area contributed by atoms with E-state index in [4.69, 9.17) is 10.5 Å². The largest absolute Gasteiger partial charge is 0.489 e. The Bertz CT molecular complexity index is 587. The van der Waals surface area contributed by atoms with E-state index in [0.29, 0.717) is 18.4 Å². The first-order valence-corrected chi connectivity index (χ1v) is 8.12. The maximum Gasteiger partial charge on any atom is 0.119 e. The van der Waals surface area contributed by atoms with Crippen LogP contribution < -0.4 is 10.5 Å². The lowest BCUT2D eigenvalue weighted by atomic mass is 9.90. The van der Waals surface area contributed by atoms with E-state index in [1.807, 2.05) is 43.3 Å². The van der Waals surface area contributed by atoms with Crippen LogP contribution in [0.5, 0.6) is 5.75 Å². The van der Waals surface area contributed by atoms with Crippen molar-refractivity contribution in [3.63, 3.8) is 0 Å². The van der Waals surface area contributed by atoms with Gasteiger partial charge in [-0.25, -0.2) is 0 Å². The number of hydrogen-bond acceptors (Lipinski definition) is 2. The van der Waals surface area contributed by atoms with E-state index in [0.717, 1.165) is 17.0 Å². The highest BCUT2D eigenvalue weighted by molar-refractivity contribution is 5.40. The third-order valence-corrected chi connectivity index (χ3v) is 3.76. The molecule has 1 unspecified atom stereocenters. The van der Waals surface area contributed by atoms with Crippen LogP contribution in [0.4, 0.5) is 5.69 Å². The maximum atomic E-state index is 5.79. The van der Waals surface area contributed by atoms with Crippen molar-refractivity contribution in [1.82, 2.24) is 0 Å². The first-order valence-electron chi connectivity index (χ1n) is 8.12. The van der Waals surface area contributed by atoms with Gasteiger partial charge in [-0.05, 0) is 54.2 Å². The van der Waals surface area contributed by atoms with Gasteiger partial charge in [-0.1, -0.05) is 51.1 Å². The van der Waals surface area contributed by atoms with Crippen LogP contribution in [0.2, 0.25) is 0 Å². The number of nitrogens with two attached hydrogens (primary N) is 1. The molecule has 2 rings (SSSR count). The summed E-state index contributed by atoms with van der Waals surface area (Å²) in [7, 11) is 0. The average Bonchev–Trinajstić information content (AvgIpc) is 2.53. The van der Waals surface area contributed by atoms with Crippen LogP contribution in [-0.2, 0) is 6.61 Å². The molecule has 2 heteroatoms. The Labute approximate surface area is 141 Å². The second kappa shape index (κ2) is 9.73. The molecule has 0 aromatic heterocycles. The predicted octanol–water partition coefficient (Wildman–Crippen LogP) is 5.80. The molecule has 0 saturated heterocycles. The molecule has 2 N–H and O–H groups in total. The number of anilines is 1. The molecular weight excluding hydrogens is 282 g/mol. The van der Waals surface area contributed by atoms with Gasteiger partial charge in [-0.3, -0.25) is 0 Å². The molecule has 124 valence electrons. The first kappa shape index (κ1) is 18.8. The highest BCUT2D eigenvalue weighted by Crippen LogP contribution is 2.25. The molecule has 2 aromatic carbocycles. The lowest BCUT2D eigenvalue weighted by molar-refractivity contribution is 0.306. The Balaban J connectivity index is 0.000000816. The van der Waals surface area contributed by atoms with Gasteiger partial charge in [0.15, 0.2) is 0 Å². The first-order chi connectivity index (χ1) is 11.0. The summed E-state index contributed by atoms with van der Waals surface area (Å²) in [4.78, 5) is 0. The molecular formula is C21H29NO. The van der Waals surface area contributed by atoms with E-state index < -0.39 is 0 Å². The summed E-state index contributed by atoms with van der Waals surface area (Å²) < 4.78 is 5.79. The number of rotatable bonds is 5. The van der Waals surface area contributed by atoms with E-state index in [2.05, 4.69) is 39.5 Å². The van der Waals surface area contributed by atoms with Crippen LogP contribution in [0.1, 0.15) is 44.7 Å². The molecule has 0 fully saturated rings. The number of ether oxygens (including phenoxy) is 1. The minimum Gasteiger partial charge on any atom is -0.489 e. The molecule has 0 heterocycles. The molecule has 1 atom stereocenters. The topological polar surface area (TPSA) is 35.2 Å². The van der Waals surface area contributed by atoms with Crippen molar-refractivity contribution in [2.75, 3.05) is 5.73 Å². The molecule has 0 bridgehead atoms. The van der Waals surface area contributed by atoms with E-state index in [9.17, 15) is 0 Å². The van der Waals surface area contributed by atoms with Crippen LogP contribution in [-0.4, -0.2) is 0 Å². The van der Waals surface area contributed by atoms with Crippen molar-refractivity contribution >= 4 is 5.69 Å². The second-order valence-corrected chi connectivity index (χ2v) is 6.04.